The molecule has 0 saturated carbocycles. The highest BCUT2D eigenvalue weighted by Crippen LogP contribution is 2.21. The predicted molar refractivity (Wildman–Crippen MR) is 37.0 cm³/mol. The highest BCUT2D eigenvalue weighted by molar-refractivity contribution is 5.65. The van der Waals surface area contributed by atoms with Crippen LogP contribution in [0.5, 0.6) is 0 Å². The van der Waals surface area contributed by atoms with Crippen molar-refractivity contribution in [2.24, 2.45) is 0 Å². The van der Waals surface area contributed by atoms with E-state index in [4.69, 9.17) is 9.84 Å². The van der Waals surface area contributed by atoms with E-state index in [1.54, 1.807) is 0 Å². The molecule has 1 unspecified atom stereocenters. The summed E-state index contributed by atoms with van der Waals surface area (Å²) < 4.78 is 21.9. The van der Waals surface area contributed by atoms with E-state index in [1.165, 1.54) is 6.92 Å². The van der Waals surface area contributed by atoms with E-state index in [-0.39, 0.29) is 13.0 Å². The summed E-state index contributed by atoms with van der Waals surface area (Å²) in [6.45, 7) is 1.27. The maximum Gasteiger partial charge on any atom is 0.302 e. The first kappa shape index (κ1) is 9.41. The first-order chi connectivity index (χ1) is 5.59. The summed E-state index contributed by atoms with van der Waals surface area (Å²) in [6, 6.07) is 0. The molecule has 0 radical (unpaired) electrons. The van der Waals surface area contributed by atoms with Gasteiger partial charge in [-0.3, -0.25) is 4.79 Å². The van der Waals surface area contributed by atoms with E-state index in [1.807, 2.05) is 0 Å². The summed E-state index contributed by atoms with van der Waals surface area (Å²) in [5, 5.41) is 8.80. The average molecular weight is 178 g/mol. The van der Waals surface area contributed by atoms with Gasteiger partial charge < -0.3 is 14.6 Å². The Morgan fingerprint density at radius 3 is 2.92 bits per heavy atom. The highest BCUT2D eigenvalue weighted by atomic mass is 19.1. The molecule has 70 valence electrons. The van der Waals surface area contributed by atoms with E-state index < -0.39 is 24.5 Å². The molecular weight excluding hydrogens is 167 g/mol. The number of hydrogen-bond acceptors (Lipinski definition) is 4. The molecule has 12 heavy (non-hydrogen) atoms. The molecule has 0 spiro atoms. The Bertz CT molecular complexity index is 163. The van der Waals surface area contributed by atoms with Gasteiger partial charge in [0.2, 0.25) is 0 Å². The molecule has 0 aliphatic carbocycles. The van der Waals surface area contributed by atoms with Gasteiger partial charge in [0.25, 0.3) is 0 Å². The number of aliphatic hydroxyl groups excluding tert-OH is 1. The standard InChI is InChI=1S/C7H11FO4/c1-4(9)11-3-5-2-6(8)7(10)12-5/h5-7,10H,2-3H2,1H3/t5-,6-,7?/m0/s1. The van der Waals surface area contributed by atoms with Crippen LogP contribution in [0.3, 0.4) is 0 Å². The number of ether oxygens (including phenoxy) is 2. The van der Waals surface area contributed by atoms with Crippen LogP contribution in [-0.4, -0.2) is 36.2 Å². The second kappa shape index (κ2) is 3.82. The first-order valence-corrected chi connectivity index (χ1v) is 3.70. The molecule has 5 heteroatoms. The number of hydrogen-bond donors (Lipinski definition) is 1. The summed E-state index contributed by atoms with van der Waals surface area (Å²) in [4.78, 5) is 10.3. The number of rotatable bonds is 2. The fraction of sp³-hybridized carbons (Fsp3) is 0.857. The molecule has 1 N–H and O–H groups in total. The first-order valence-electron chi connectivity index (χ1n) is 3.70. The number of aliphatic hydroxyl groups is 1. The fourth-order valence-corrected chi connectivity index (χ4v) is 1.02. The third-order valence-corrected chi connectivity index (χ3v) is 1.60. The number of alkyl halides is 1. The van der Waals surface area contributed by atoms with Gasteiger partial charge >= 0.3 is 5.97 Å². The van der Waals surface area contributed by atoms with Crippen LogP contribution < -0.4 is 0 Å². The van der Waals surface area contributed by atoms with Gasteiger partial charge in [0.05, 0.1) is 6.10 Å². The summed E-state index contributed by atoms with van der Waals surface area (Å²) >= 11 is 0. The second-order valence-corrected chi connectivity index (χ2v) is 2.70. The van der Waals surface area contributed by atoms with Crippen molar-refractivity contribution in [1.82, 2.24) is 0 Å². The van der Waals surface area contributed by atoms with Crippen LogP contribution in [-0.2, 0) is 14.3 Å². The van der Waals surface area contributed by atoms with Gasteiger partial charge in [0.15, 0.2) is 12.5 Å². The van der Waals surface area contributed by atoms with Gasteiger partial charge in [-0.25, -0.2) is 4.39 Å². The summed E-state index contributed by atoms with van der Waals surface area (Å²) in [5.74, 6) is -0.435. The molecule has 1 heterocycles. The molecule has 1 fully saturated rings. The van der Waals surface area contributed by atoms with E-state index in [9.17, 15) is 9.18 Å². The SMILES string of the molecule is CC(=O)OC[C@@H]1C[C@H](F)C(O)O1. The monoisotopic (exact) mass is 178 g/mol. The lowest BCUT2D eigenvalue weighted by Crippen LogP contribution is -2.18. The Hall–Kier alpha value is -0.680. The molecule has 0 aromatic heterocycles. The van der Waals surface area contributed by atoms with Crippen LogP contribution in [0.2, 0.25) is 0 Å². The van der Waals surface area contributed by atoms with Gasteiger partial charge in [0, 0.05) is 13.3 Å². The highest BCUT2D eigenvalue weighted by Gasteiger charge is 2.34. The maximum atomic E-state index is 12.6. The Kier molecular flexibility index (Phi) is 2.99. The number of halogens is 1. The van der Waals surface area contributed by atoms with E-state index in [2.05, 4.69) is 4.74 Å². The lowest BCUT2D eigenvalue weighted by molar-refractivity contribution is -0.152. The molecule has 0 aromatic rings. The molecule has 0 aromatic carbocycles. The maximum absolute atomic E-state index is 12.6. The molecule has 0 bridgehead atoms. The largest absolute Gasteiger partial charge is 0.463 e. The Morgan fingerprint density at radius 2 is 2.50 bits per heavy atom. The summed E-state index contributed by atoms with van der Waals surface area (Å²) in [7, 11) is 0. The number of esters is 1. The van der Waals surface area contributed by atoms with Gasteiger partial charge in [-0.15, -0.1) is 0 Å². The van der Waals surface area contributed by atoms with Crippen molar-refractivity contribution in [3.63, 3.8) is 0 Å². The molecule has 1 aliphatic heterocycles. The molecule has 1 saturated heterocycles. The second-order valence-electron chi connectivity index (χ2n) is 2.70. The molecular formula is C7H11FO4. The average Bonchev–Trinajstić information content (AvgIpc) is 2.28. The quantitative estimate of drug-likeness (QED) is 0.604. The minimum absolute atomic E-state index is 0.00676. The topological polar surface area (TPSA) is 55.8 Å². The van der Waals surface area contributed by atoms with Crippen molar-refractivity contribution >= 4 is 5.97 Å². The summed E-state index contributed by atoms with van der Waals surface area (Å²) in [6.07, 6.45) is -3.18. The zero-order chi connectivity index (χ0) is 9.14. The third kappa shape index (κ3) is 2.42. The molecule has 1 rings (SSSR count). The van der Waals surface area contributed by atoms with E-state index in [0.717, 1.165) is 0 Å². The summed E-state index contributed by atoms with van der Waals surface area (Å²) in [5.41, 5.74) is 0. The van der Waals surface area contributed by atoms with Crippen molar-refractivity contribution in [3.05, 3.63) is 0 Å². The lowest BCUT2D eigenvalue weighted by Gasteiger charge is -2.08. The van der Waals surface area contributed by atoms with Crippen LogP contribution in [0, 0.1) is 0 Å². The van der Waals surface area contributed by atoms with Crippen LogP contribution in [0.4, 0.5) is 4.39 Å². The lowest BCUT2D eigenvalue weighted by atomic mass is 10.2. The van der Waals surface area contributed by atoms with Gasteiger partial charge in [-0.05, 0) is 0 Å². The smallest absolute Gasteiger partial charge is 0.302 e. The number of carbonyl (C=O) groups is 1. The van der Waals surface area contributed by atoms with Crippen molar-refractivity contribution in [2.75, 3.05) is 6.61 Å². The molecule has 1 aliphatic rings. The van der Waals surface area contributed by atoms with E-state index in [0.29, 0.717) is 0 Å². The minimum atomic E-state index is -1.37. The number of carbonyl (C=O) groups excluding carboxylic acids is 1. The molecule has 3 atom stereocenters. The third-order valence-electron chi connectivity index (χ3n) is 1.60. The Morgan fingerprint density at radius 1 is 1.83 bits per heavy atom. The Balaban J connectivity index is 2.23. The predicted octanol–water partition coefficient (Wildman–Crippen LogP) is -0.00510. The van der Waals surface area contributed by atoms with Crippen molar-refractivity contribution in [2.45, 2.75) is 31.9 Å². The van der Waals surface area contributed by atoms with Crippen LogP contribution >= 0.6 is 0 Å². The molecule has 0 amide bonds. The van der Waals surface area contributed by atoms with Gasteiger partial charge in [-0.2, -0.15) is 0 Å². The fourth-order valence-electron chi connectivity index (χ4n) is 1.02. The van der Waals surface area contributed by atoms with Gasteiger partial charge in [0.1, 0.15) is 6.61 Å². The van der Waals surface area contributed by atoms with Gasteiger partial charge in [-0.1, -0.05) is 0 Å². The van der Waals surface area contributed by atoms with Crippen molar-refractivity contribution in [3.8, 4) is 0 Å². The zero-order valence-corrected chi connectivity index (χ0v) is 6.70. The Labute approximate surface area is 69.3 Å². The molecule has 4 nitrogen and oxygen atoms in total. The normalized spacial score (nSPS) is 35.1. The van der Waals surface area contributed by atoms with Crippen LogP contribution in [0.15, 0.2) is 0 Å². The minimum Gasteiger partial charge on any atom is -0.463 e. The van der Waals surface area contributed by atoms with Crippen LogP contribution in [0.1, 0.15) is 13.3 Å². The van der Waals surface area contributed by atoms with Crippen molar-refractivity contribution in [1.29, 1.82) is 0 Å². The van der Waals surface area contributed by atoms with Crippen LogP contribution in [0.25, 0.3) is 0 Å². The zero-order valence-electron chi connectivity index (χ0n) is 6.70. The van der Waals surface area contributed by atoms with E-state index >= 15 is 0 Å². The van der Waals surface area contributed by atoms with Crippen molar-refractivity contribution < 1.29 is 23.8 Å².